The maximum atomic E-state index is 12.4. The Balaban J connectivity index is 1.22. The first-order valence-electron chi connectivity index (χ1n) is 11.8. The van der Waals surface area contributed by atoms with Crippen LogP contribution in [0.5, 0.6) is 5.75 Å². The lowest BCUT2D eigenvalue weighted by Gasteiger charge is -2.35. The molecule has 2 aromatic heterocycles. The van der Waals surface area contributed by atoms with E-state index in [2.05, 4.69) is 39.5 Å². The fourth-order valence-corrected chi connectivity index (χ4v) is 5.09. The molecule has 6 heteroatoms. The van der Waals surface area contributed by atoms with E-state index in [4.69, 9.17) is 4.74 Å². The highest BCUT2D eigenvalue weighted by atomic mass is 16.5. The Labute approximate surface area is 189 Å². The number of fused-ring (bicyclic) bond motifs is 1. The minimum absolute atomic E-state index is 0.0247. The summed E-state index contributed by atoms with van der Waals surface area (Å²) in [6.45, 7) is 5.85. The van der Waals surface area contributed by atoms with E-state index >= 15 is 0 Å². The molecule has 32 heavy (non-hydrogen) atoms. The standard InChI is InChI=1S/C26H32N4O2/c1-29-18-25(23-8-13-28-16-24(23)26(29)31)20-2-4-21(5-3-20)32-22-9-14-30(15-10-22)17-19-6-11-27-12-7-19/h2-5,8,13,16,18-19,22,27H,6-7,9-12,14-15,17H2,1H3. The van der Waals surface area contributed by atoms with E-state index in [1.807, 2.05) is 12.3 Å². The molecule has 5 rings (SSSR count). The molecule has 3 aromatic rings. The molecule has 4 heterocycles. The summed E-state index contributed by atoms with van der Waals surface area (Å²) in [7, 11) is 1.78. The first kappa shape index (κ1) is 21.2. The van der Waals surface area contributed by atoms with Gasteiger partial charge in [-0.3, -0.25) is 9.78 Å². The second-order valence-corrected chi connectivity index (χ2v) is 9.22. The normalized spacial score (nSPS) is 18.8. The van der Waals surface area contributed by atoms with Crippen LogP contribution in [0.4, 0.5) is 0 Å². The molecule has 0 bridgehead atoms. The summed E-state index contributed by atoms with van der Waals surface area (Å²) >= 11 is 0. The van der Waals surface area contributed by atoms with Crippen molar-refractivity contribution in [2.45, 2.75) is 31.8 Å². The molecule has 2 aliphatic rings. The van der Waals surface area contributed by atoms with E-state index in [-0.39, 0.29) is 11.7 Å². The van der Waals surface area contributed by atoms with Crippen LogP contribution in [0.3, 0.4) is 0 Å². The van der Waals surface area contributed by atoms with Gasteiger partial charge in [0.2, 0.25) is 0 Å². The van der Waals surface area contributed by atoms with Crippen LogP contribution >= 0.6 is 0 Å². The van der Waals surface area contributed by atoms with Crippen molar-refractivity contribution in [3.8, 4) is 16.9 Å². The molecule has 0 aliphatic carbocycles. The largest absolute Gasteiger partial charge is 0.490 e. The zero-order valence-corrected chi connectivity index (χ0v) is 18.8. The van der Waals surface area contributed by atoms with Crippen LogP contribution in [-0.2, 0) is 7.05 Å². The lowest BCUT2D eigenvalue weighted by atomic mass is 9.96. The van der Waals surface area contributed by atoms with Gasteiger partial charge in [-0.2, -0.15) is 0 Å². The number of aryl methyl sites for hydroxylation is 1. The topological polar surface area (TPSA) is 59.4 Å². The molecule has 6 nitrogen and oxygen atoms in total. The van der Waals surface area contributed by atoms with Crippen LogP contribution in [0.1, 0.15) is 25.7 Å². The third-order valence-electron chi connectivity index (χ3n) is 6.96. The second kappa shape index (κ2) is 9.43. The Hall–Kier alpha value is -2.70. The zero-order chi connectivity index (χ0) is 21.9. The molecule has 0 atom stereocenters. The number of likely N-dealkylation sites (tertiary alicyclic amines) is 1. The fraction of sp³-hybridized carbons (Fsp3) is 0.462. The number of hydrogen-bond acceptors (Lipinski definition) is 5. The molecule has 2 saturated heterocycles. The second-order valence-electron chi connectivity index (χ2n) is 9.22. The van der Waals surface area contributed by atoms with Crippen LogP contribution < -0.4 is 15.6 Å². The van der Waals surface area contributed by atoms with Gasteiger partial charge >= 0.3 is 0 Å². The molecule has 0 unspecified atom stereocenters. The SMILES string of the molecule is Cn1cc(-c2ccc(OC3CCN(CC4CCNCC4)CC3)cc2)c2ccncc2c1=O. The molecule has 0 spiro atoms. The van der Waals surface area contributed by atoms with Gasteiger partial charge in [0.05, 0.1) is 5.39 Å². The van der Waals surface area contributed by atoms with Gasteiger partial charge in [-0.1, -0.05) is 12.1 Å². The molecule has 1 N–H and O–H groups in total. The molecule has 2 fully saturated rings. The summed E-state index contributed by atoms with van der Waals surface area (Å²) < 4.78 is 7.94. The van der Waals surface area contributed by atoms with Crippen molar-refractivity contribution in [1.82, 2.24) is 19.8 Å². The molecular weight excluding hydrogens is 400 g/mol. The average Bonchev–Trinajstić information content (AvgIpc) is 2.84. The third kappa shape index (κ3) is 4.57. The van der Waals surface area contributed by atoms with Gasteiger partial charge in [-0.15, -0.1) is 0 Å². The van der Waals surface area contributed by atoms with Crippen LogP contribution in [0.15, 0.2) is 53.7 Å². The predicted octanol–water partition coefficient (Wildman–Crippen LogP) is 3.44. The van der Waals surface area contributed by atoms with Gasteiger partial charge < -0.3 is 19.5 Å². The van der Waals surface area contributed by atoms with Crippen molar-refractivity contribution in [1.29, 1.82) is 0 Å². The number of rotatable bonds is 5. The van der Waals surface area contributed by atoms with Gasteiger partial charge in [0.15, 0.2) is 0 Å². The number of piperidine rings is 2. The molecular formula is C26H32N4O2. The van der Waals surface area contributed by atoms with E-state index in [1.165, 1.54) is 32.5 Å². The lowest BCUT2D eigenvalue weighted by molar-refractivity contribution is 0.0873. The lowest BCUT2D eigenvalue weighted by Crippen LogP contribution is -2.42. The highest BCUT2D eigenvalue weighted by molar-refractivity contribution is 5.95. The molecule has 1 aromatic carbocycles. The molecule has 0 saturated carbocycles. The van der Waals surface area contributed by atoms with Crippen LogP contribution in [0, 0.1) is 5.92 Å². The van der Waals surface area contributed by atoms with E-state index < -0.39 is 0 Å². The maximum absolute atomic E-state index is 12.4. The van der Waals surface area contributed by atoms with E-state index in [1.54, 1.807) is 24.0 Å². The Morgan fingerprint density at radius 3 is 2.53 bits per heavy atom. The first-order valence-corrected chi connectivity index (χ1v) is 11.8. The molecule has 168 valence electrons. The number of ether oxygens (including phenoxy) is 1. The number of hydrogen-bond donors (Lipinski definition) is 1. The van der Waals surface area contributed by atoms with Crippen LogP contribution in [-0.4, -0.2) is 53.3 Å². The maximum Gasteiger partial charge on any atom is 0.259 e. The van der Waals surface area contributed by atoms with Crippen LogP contribution in [0.2, 0.25) is 0 Å². The molecule has 2 aliphatic heterocycles. The monoisotopic (exact) mass is 432 g/mol. The Morgan fingerprint density at radius 2 is 1.78 bits per heavy atom. The molecule has 0 radical (unpaired) electrons. The summed E-state index contributed by atoms with van der Waals surface area (Å²) in [4.78, 5) is 19.2. The van der Waals surface area contributed by atoms with Crippen molar-refractivity contribution >= 4 is 10.8 Å². The van der Waals surface area contributed by atoms with Gasteiger partial charge in [-0.25, -0.2) is 0 Å². The first-order chi connectivity index (χ1) is 15.7. The predicted molar refractivity (Wildman–Crippen MR) is 128 cm³/mol. The summed E-state index contributed by atoms with van der Waals surface area (Å²) in [6.07, 6.45) is 10.4. The minimum Gasteiger partial charge on any atom is -0.490 e. The number of nitrogens with one attached hydrogen (secondary N) is 1. The summed E-state index contributed by atoms with van der Waals surface area (Å²) in [5, 5.41) is 5.03. The highest BCUT2D eigenvalue weighted by Crippen LogP contribution is 2.29. The number of aromatic nitrogens is 2. The summed E-state index contributed by atoms with van der Waals surface area (Å²) in [5.41, 5.74) is 2.08. The van der Waals surface area contributed by atoms with Crippen LogP contribution in [0.25, 0.3) is 21.9 Å². The molecule has 0 amide bonds. The van der Waals surface area contributed by atoms with E-state index in [0.29, 0.717) is 5.39 Å². The smallest absolute Gasteiger partial charge is 0.259 e. The fourth-order valence-electron chi connectivity index (χ4n) is 5.09. The average molecular weight is 433 g/mol. The summed E-state index contributed by atoms with van der Waals surface area (Å²) in [5.74, 6) is 1.77. The van der Waals surface area contributed by atoms with E-state index in [0.717, 1.165) is 54.1 Å². The van der Waals surface area contributed by atoms with Crippen molar-refractivity contribution in [2.24, 2.45) is 13.0 Å². The Kier molecular flexibility index (Phi) is 6.23. The Bertz CT molecular complexity index is 1110. The van der Waals surface area contributed by atoms with Crippen molar-refractivity contribution in [3.63, 3.8) is 0 Å². The zero-order valence-electron chi connectivity index (χ0n) is 18.8. The minimum atomic E-state index is -0.0247. The van der Waals surface area contributed by atoms with Gasteiger partial charge in [-0.05, 0) is 73.8 Å². The van der Waals surface area contributed by atoms with Crippen molar-refractivity contribution in [2.75, 3.05) is 32.7 Å². The number of pyridine rings is 2. The van der Waals surface area contributed by atoms with Gasteiger partial charge in [0.1, 0.15) is 11.9 Å². The highest BCUT2D eigenvalue weighted by Gasteiger charge is 2.23. The van der Waals surface area contributed by atoms with Crippen molar-refractivity contribution < 1.29 is 4.74 Å². The summed E-state index contributed by atoms with van der Waals surface area (Å²) in [6, 6.07) is 10.2. The quantitative estimate of drug-likeness (QED) is 0.669. The number of benzene rings is 1. The van der Waals surface area contributed by atoms with E-state index in [9.17, 15) is 4.79 Å². The van der Waals surface area contributed by atoms with Crippen molar-refractivity contribution in [3.05, 3.63) is 59.3 Å². The Morgan fingerprint density at radius 1 is 1.03 bits per heavy atom. The number of nitrogens with zero attached hydrogens (tertiary/aromatic N) is 3. The third-order valence-corrected chi connectivity index (χ3v) is 6.96. The van der Waals surface area contributed by atoms with Gasteiger partial charge in [0, 0.05) is 50.8 Å². The van der Waals surface area contributed by atoms with Gasteiger partial charge in [0.25, 0.3) is 5.56 Å².